The molecule has 7 aromatic carbocycles. The summed E-state index contributed by atoms with van der Waals surface area (Å²) < 4.78 is 0. The van der Waals surface area contributed by atoms with Crippen molar-refractivity contribution < 1.29 is 0 Å². The summed E-state index contributed by atoms with van der Waals surface area (Å²) >= 11 is 0. The van der Waals surface area contributed by atoms with Gasteiger partial charge in [0.1, 0.15) is 0 Å². The first kappa shape index (κ1) is 22.5. The first-order valence-electron chi connectivity index (χ1n) is 14.3. The standard InChI is InChI=1S/C40H25N/c1-2-13-33-31(11-1)32-12-3-4-14-34(32)39-21-26(17-18-36(33)39)25-8-5-9-27(20-25)30-15-6-16-35-37-22-28-10-7-19-41-40(28)24-29(37)23-38(30)35/h1-22,24H,23H2. The molecule has 0 amide bonds. The largest absolute Gasteiger partial charge is 0.256 e. The Kier molecular flexibility index (Phi) is 4.73. The minimum absolute atomic E-state index is 0.937. The van der Waals surface area contributed by atoms with E-state index >= 15 is 0 Å². The van der Waals surface area contributed by atoms with Crippen molar-refractivity contribution in [3.05, 3.63) is 151 Å². The van der Waals surface area contributed by atoms with Gasteiger partial charge < -0.3 is 0 Å². The van der Waals surface area contributed by atoms with Crippen LogP contribution in [0, 0.1) is 0 Å². The van der Waals surface area contributed by atoms with Gasteiger partial charge in [0.2, 0.25) is 0 Å². The zero-order valence-corrected chi connectivity index (χ0v) is 22.4. The summed E-state index contributed by atoms with van der Waals surface area (Å²) in [5, 5.41) is 9.04. The van der Waals surface area contributed by atoms with Crippen molar-refractivity contribution in [2.24, 2.45) is 0 Å². The molecule has 1 aromatic heterocycles. The van der Waals surface area contributed by atoms with E-state index in [0.29, 0.717) is 0 Å². The van der Waals surface area contributed by atoms with Gasteiger partial charge >= 0.3 is 0 Å². The zero-order chi connectivity index (χ0) is 26.9. The van der Waals surface area contributed by atoms with Crippen LogP contribution in [0.2, 0.25) is 0 Å². The minimum atomic E-state index is 0.937. The average molecular weight is 520 g/mol. The molecule has 41 heavy (non-hydrogen) atoms. The van der Waals surface area contributed by atoms with Gasteiger partial charge in [-0.25, -0.2) is 0 Å². The summed E-state index contributed by atoms with van der Waals surface area (Å²) in [6, 6.07) is 49.1. The highest BCUT2D eigenvalue weighted by molar-refractivity contribution is 6.25. The number of hydrogen-bond acceptors (Lipinski definition) is 1. The highest BCUT2D eigenvalue weighted by Gasteiger charge is 2.22. The van der Waals surface area contributed by atoms with Crippen molar-refractivity contribution in [2.45, 2.75) is 6.42 Å². The molecule has 0 saturated carbocycles. The molecule has 0 aliphatic heterocycles. The monoisotopic (exact) mass is 519 g/mol. The van der Waals surface area contributed by atoms with Crippen molar-refractivity contribution in [1.82, 2.24) is 4.98 Å². The van der Waals surface area contributed by atoms with Crippen LogP contribution in [0.3, 0.4) is 0 Å². The van der Waals surface area contributed by atoms with Gasteiger partial charge in [0.05, 0.1) is 5.52 Å². The van der Waals surface area contributed by atoms with E-state index in [1.165, 1.54) is 82.2 Å². The van der Waals surface area contributed by atoms with E-state index in [9.17, 15) is 0 Å². The minimum Gasteiger partial charge on any atom is -0.256 e. The second kappa shape index (κ2) is 8.61. The lowest BCUT2D eigenvalue weighted by molar-refractivity contribution is 1.26. The van der Waals surface area contributed by atoms with E-state index in [-0.39, 0.29) is 0 Å². The Balaban J connectivity index is 1.19. The smallest absolute Gasteiger partial charge is 0.0705 e. The summed E-state index contributed by atoms with van der Waals surface area (Å²) in [7, 11) is 0. The predicted octanol–water partition coefficient (Wildman–Crippen LogP) is 10.6. The van der Waals surface area contributed by atoms with E-state index < -0.39 is 0 Å². The molecule has 0 bridgehead atoms. The predicted molar refractivity (Wildman–Crippen MR) is 173 cm³/mol. The van der Waals surface area contributed by atoms with Crippen LogP contribution in [0.4, 0.5) is 0 Å². The van der Waals surface area contributed by atoms with Crippen LogP contribution >= 0.6 is 0 Å². The van der Waals surface area contributed by atoms with E-state index in [2.05, 4.69) is 132 Å². The lowest BCUT2D eigenvalue weighted by atomic mass is 9.90. The Morgan fingerprint density at radius 3 is 1.88 bits per heavy atom. The van der Waals surface area contributed by atoms with Gasteiger partial charge in [0.15, 0.2) is 0 Å². The number of nitrogens with zero attached hydrogens (tertiary/aromatic N) is 1. The first-order chi connectivity index (χ1) is 20.3. The molecule has 1 heteroatoms. The quantitative estimate of drug-likeness (QED) is 0.207. The summed E-state index contributed by atoms with van der Waals surface area (Å²) in [6.07, 6.45) is 2.82. The molecule has 1 aliphatic carbocycles. The maximum Gasteiger partial charge on any atom is 0.0705 e. The summed E-state index contributed by atoms with van der Waals surface area (Å²) in [5.41, 5.74) is 11.6. The Labute approximate surface area is 238 Å². The number of pyridine rings is 1. The summed E-state index contributed by atoms with van der Waals surface area (Å²) in [5.74, 6) is 0. The number of benzene rings is 7. The summed E-state index contributed by atoms with van der Waals surface area (Å²) in [6.45, 7) is 0. The maximum absolute atomic E-state index is 4.60. The molecule has 1 aliphatic rings. The van der Waals surface area contributed by atoms with E-state index in [1.54, 1.807) is 0 Å². The molecule has 190 valence electrons. The van der Waals surface area contributed by atoms with E-state index in [1.807, 2.05) is 12.3 Å². The SMILES string of the molecule is c1cc(-c2ccc3c4ccccc4c4ccccc4c3c2)cc(-c2cccc3c2Cc2cc4ncccc4cc2-3)c1. The van der Waals surface area contributed by atoms with Gasteiger partial charge in [0.25, 0.3) is 0 Å². The van der Waals surface area contributed by atoms with Crippen LogP contribution in [0.1, 0.15) is 11.1 Å². The lowest BCUT2D eigenvalue weighted by Gasteiger charge is -2.13. The van der Waals surface area contributed by atoms with Crippen LogP contribution in [-0.2, 0) is 6.42 Å². The van der Waals surface area contributed by atoms with Gasteiger partial charge in [0, 0.05) is 11.6 Å². The third-order valence-corrected chi connectivity index (χ3v) is 8.91. The average Bonchev–Trinajstić information content (AvgIpc) is 3.41. The van der Waals surface area contributed by atoms with E-state index in [4.69, 9.17) is 0 Å². The van der Waals surface area contributed by atoms with Crippen LogP contribution in [0.25, 0.3) is 76.6 Å². The number of aromatic nitrogens is 1. The van der Waals surface area contributed by atoms with Crippen LogP contribution in [0.15, 0.2) is 140 Å². The topological polar surface area (TPSA) is 12.9 Å². The number of hydrogen-bond donors (Lipinski definition) is 0. The fourth-order valence-electron chi connectivity index (χ4n) is 7.00. The number of fused-ring (bicyclic) bond motifs is 10. The molecule has 0 atom stereocenters. The Bertz CT molecular complexity index is 2310. The Morgan fingerprint density at radius 2 is 1.07 bits per heavy atom. The Morgan fingerprint density at radius 1 is 0.415 bits per heavy atom. The molecule has 1 nitrogen and oxygen atoms in total. The fourth-order valence-corrected chi connectivity index (χ4v) is 7.00. The third kappa shape index (κ3) is 3.39. The normalized spacial score (nSPS) is 12.3. The molecule has 0 unspecified atom stereocenters. The first-order valence-corrected chi connectivity index (χ1v) is 14.3. The van der Waals surface area contributed by atoms with Crippen LogP contribution in [0.5, 0.6) is 0 Å². The zero-order valence-electron chi connectivity index (χ0n) is 22.4. The molecular formula is C40H25N. The van der Waals surface area contributed by atoms with Crippen molar-refractivity contribution in [3.63, 3.8) is 0 Å². The van der Waals surface area contributed by atoms with Crippen LogP contribution < -0.4 is 0 Å². The van der Waals surface area contributed by atoms with Gasteiger partial charge in [-0.1, -0.05) is 103 Å². The molecule has 0 N–H and O–H groups in total. The van der Waals surface area contributed by atoms with Crippen molar-refractivity contribution >= 4 is 43.2 Å². The summed E-state index contributed by atoms with van der Waals surface area (Å²) in [4.78, 5) is 4.60. The maximum atomic E-state index is 4.60. The van der Waals surface area contributed by atoms with Gasteiger partial charge in [-0.15, -0.1) is 0 Å². The van der Waals surface area contributed by atoms with Gasteiger partial charge in [-0.3, -0.25) is 4.98 Å². The third-order valence-electron chi connectivity index (χ3n) is 8.91. The molecule has 8 aromatic rings. The van der Waals surface area contributed by atoms with Crippen molar-refractivity contribution in [1.29, 1.82) is 0 Å². The van der Waals surface area contributed by atoms with Crippen LogP contribution in [-0.4, -0.2) is 4.98 Å². The van der Waals surface area contributed by atoms with Gasteiger partial charge in [-0.2, -0.15) is 0 Å². The molecule has 0 spiro atoms. The molecule has 1 heterocycles. The number of rotatable bonds is 2. The Hall–Kier alpha value is -5.27. The molecule has 0 fully saturated rings. The lowest BCUT2D eigenvalue weighted by Crippen LogP contribution is -1.89. The second-order valence-corrected chi connectivity index (χ2v) is 11.1. The van der Waals surface area contributed by atoms with Crippen molar-refractivity contribution in [2.75, 3.05) is 0 Å². The fraction of sp³-hybridized carbons (Fsp3) is 0.0250. The second-order valence-electron chi connectivity index (χ2n) is 11.1. The highest BCUT2D eigenvalue weighted by Crippen LogP contribution is 2.44. The highest BCUT2D eigenvalue weighted by atomic mass is 14.6. The van der Waals surface area contributed by atoms with Crippen molar-refractivity contribution in [3.8, 4) is 33.4 Å². The van der Waals surface area contributed by atoms with E-state index in [0.717, 1.165) is 11.9 Å². The van der Waals surface area contributed by atoms with Gasteiger partial charge in [-0.05, 0) is 114 Å². The molecule has 0 radical (unpaired) electrons. The molecule has 0 saturated heterocycles. The molecule has 9 rings (SSSR count). The molecular weight excluding hydrogens is 494 g/mol.